The molecule has 3 fully saturated rings. The lowest BCUT2D eigenvalue weighted by Gasteiger charge is -2.47. The molecule has 3 saturated heterocycles. The van der Waals surface area contributed by atoms with Gasteiger partial charge in [-0.15, -0.1) is 5.10 Å². The molecular weight excluding hydrogens is 423 g/mol. The summed E-state index contributed by atoms with van der Waals surface area (Å²) in [7, 11) is 0. The average Bonchev–Trinajstić information content (AvgIpc) is 2.78. The number of pyridine rings is 1. The average molecular weight is 445 g/mol. The van der Waals surface area contributed by atoms with E-state index in [1.165, 1.54) is 18.3 Å². The van der Waals surface area contributed by atoms with E-state index in [9.17, 15) is 13.2 Å². The minimum absolute atomic E-state index is 0.0537. The topological polar surface area (TPSA) is 83.4 Å². The zero-order valence-corrected chi connectivity index (χ0v) is 17.3. The Kier molecular flexibility index (Phi) is 5.13. The standard InChI is InChI=1S/C22H22F3N5O2/c1-12(16-3-2-4-18(20(16)23)22(24,25)11-31)28-19-8-27-29-21-17(19)5-13(7-26-21)30-9-14-6-15(10-30)32-14/h2-5,7-8,12,14-15,31H,6,9-11H2,1H3,(H,26,28,29)/t12-,14?,15?/m1/s1. The zero-order valence-electron chi connectivity index (χ0n) is 17.3. The van der Waals surface area contributed by atoms with Crippen LogP contribution >= 0.6 is 0 Å². The summed E-state index contributed by atoms with van der Waals surface area (Å²) in [5.74, 6) is -4.72. The number of aromatic nitrogens is 3. The summed E-state index contributed by atoms with van der Waals surface area (Å²) in [4.78, 5) is 6.63. The molecule has 5 heterocycles. The third-order valence-corrected chi connectivity index (χ3v) is 6.07. The van der Waals surface area contributed by atoms with Gasteiger partial charge in [0.05, 0.1) is 47.6 Å². The minimum atomic E-state index is -3.66. The number of alkyl halides is 2. The lowest BCUT2D eigenvalue weighted by atomic mass is 9.98. The molecule has 3 aliphatic heterocycles. The molecule has 0 amide bonds. The van der Waals surface area contributed by atoms with Gasteiger partial charge in [0.25, 0.3) is 5.92 Å². The second kappa shape index (κ2) is 7.86. The molecule has 2 N–H and O–H groups in total. The first-order chi connectivity index (χ1) is 15.4. The van der Waals surface area contributed by atoms with Crippen molar-refractivity contribution in [1.29, 1.82) is 0 Å². The number of anilines is 2. The number of ether oxygens (including phenoxy) is 1. The van der Waals surface area contributed by atoms with Gasteiger partial charge in [-0.3, -0.25) is 0 Å². The molecule has 1 aromatic carbocycles. The van der Waals surface area contributed by atoms with Crippen molar-refractivity contribution < 1.29 is 23.0 Å². The zero-order chi connectivity index (χ0) is 22.5. The number of hydrogen-bond acceptors (Lipinski definition) is 7. The normalized spacial score (nSPS) is 21.3. The minimum Gasteiger partial charge on any atom is -0.390 e. The Morgan fingerprint density at radius 2 is 2.03 bits per heavy atom. The summed E-state index contributed by atoms with van der Waals surface area (Å²) in [5.41, 5.74) is 1.13. The number of benzene rings is 1. The van der Waals surface area contributed by atoms with Crippen LogP contribution in [0.5, 0.6) is 0 Å². The van der Waals surface area contributed by atoms with Gasteiger partial charge in [0.1, 0.15) is 12.4 Å². The second-order valence-electron chi connectivity index (χ2n) is 8.28. The van der Waals surface area contributed by atoms with Crippen molar-refractivity contribution in [3.63, 3.8) is 0 Å². The van der Waals surface area contributed by atoms with Gasteiger partial charge in [-0.1, -0.05) is 12.1 Å². The van der Waals surface area contributed by atoms with Crippen molar-refractivity contribution in [2.24, 2.45) is 0 Å². The van der Waals surface area contributed by atoms with Crippen LogP contribution in [0.2, 0.25) is 0 Å². The summed E-state index contributed by atoms with van der Waals surface area (Å²) < 4.78 is 48.4. The van der Waals surface area contributed by atoms with E-state index in [1.807, 2.05) is 6.07 Å². The van der Waals surface area contributed by atoms with Gasteiger partial charge < -0.3 is 20.1 Å². The number of piperidine rings is 1. The lowest BCUT2D eigenvalue weighted by molar-refractivity contribution is -0.133. The molecule has 0 spiro atoms. The van der Waals surface area contributed by atoms with Crippen LogP contribution in [-0.2, 0) is 10.7 Å². The van der Waals surface area contributed by atoms with Crippen molar-refractivity contribution >= 4 is 22.4 Å². The summed E-state index contributed by atoms with van der Waals surface area (Å²) >= 11 is 0. The van der Waals surface area contributed by atoms with Gasteiger partial charge in [-0.25, -0.2) is 9.37 Å². The first-order valence-electron chi connectivity index (χ1n) is 10.4. The third kappa shape index (κ3) is 3.63. The first kappa shape index (κ1) is 20.9. The number of aliphatic hydroxyl groups excluding tert-OH is 1. The molecule has 168 valence electrons. The Hall–Kier alpha value is -2.98. The van der Waals surface area contributed by atoms with Gasteiger partial charge in [0, 0.05) is 30.5 Å². The predicted molar refractivity (Wildman–Crippen MR) is 112 cm³/mol. The van der Waals surface area contributed by atoms with E-state index in [0.29, 0.717) is 16.7 Å². The fraction of sp³-hybridized carbons (Fsp3) is 0.409. The highest BCUT2D eigenvalue weighted by Gasteiger charge is 2.38. The molecule has 6 rings (SSSR count). The van der Waals surface area contributed by atoms with Crippen molar-refractivity contribution in [3.05, 3.63) is 53.6 Å². The SMILES string of the molecule is C[C@@H](Nc1cnnc2ncc(N3CC4CC(C3)O4)cc12)c1cccc(C(F)(F)CO)c1F. The summed E-state index contributed by atoms with van der Waals surface area (Å²) in [6.45, 7) is 1.78. The maximum atomic E-state index is 14.9. The fourth-order valence-electron chi connectivity index (χ4n) is 4.35. The Labute approximate surface area is 182 Å². The number of rotatable bonds is 6. The van der Waals surface area contributed by atoms with Crippen LogP contribution in [0.3, 0.4) is 0 Å². The van der Waals surface area contributed by atoms with E-state index in [4.69, 9.17) is 9.84 Å². The second-order valence-corrected chi connectivity index (χ2v) is 8.28. The Morgan fingerprint density at radius 3 is 2.75 bits per heavy atom. The maximum absolute atomic E-state index is 14.9. The van der Waals surface area contributed by atoms with Crippen LogP contribution in [-0.4, -0.2) is 52.2 Å². The molecule has 7 nitrogen and oxygen atoms in total. The van der Waals surface area contributed by atoms with Crippen molar-refractivity contribution in [2.45, 2.75) is 37.5 Å². The lowest BCUT2D eigenvalue weighted by Crippen LogP contribution is -2.57. The van der Waals surface area contributed by atoms with Gasteiger partial charge >= 0.3 is 0 Å². The van der Waals surface area contributed by atoms with Crippen LogP contribution in [0.15, 0.2) is 36.7 Å². The third-order valence-electron chi connectivity index (χ3n) is 6.07. The number of nitrogens with zero attached hydrogens (tertiary/aromatic N) is 4. The van der Waals surface area contributed by atoms with E-state index in [2.05, 4.69) is 25.4 Å². The number of hydrogen-bond donors (Lipinski definition) is 2. The molecule has 3 atom stereocenters. The van der Waals surface area contributed by atoms with Crippen molar-refractivity contribution in [2.75, 3.05) is 29.9 Å². The molecule has 0 aliphatic carbocycles. The number of morpholine rings is 1. The summed E-state index contributed by atoms with van der Waals surface area (Å²) in [6, 6.07) is 5.06. The highest BCUT2D eigenvalue weighted by atomic mass is 19.3. The van der Waals surface area contributed by atoms with Crippen molar-refractivity contribution in [3.8, 4) is 0 Å². The highest BCUT2D eigenvalue weighted by Crippen LogP contribution is 2.35. The van der Waals surface area contributed by atoms with E-state index in [-0.39, 0.29) is 17.8 Å². The molecular formula is C22H22F3N5O2. The predicted octanol–water partition coefficient (Wildman–Crippen LogP) is 3.40. The molecule has 3 aromatic rings. The van der Waals surface area contributed by atoms with Gasteiger partial charge in [-0.2, -0.15) is 13.9 Å². The van der Waals surface area contributed by atoms with Gasteiger partial charge in [0.2, 0.25) is 0 Å². The van der Waals surface area contributed by atoms with Gasteiger partial charge in [-0.05, 0) is 19.1 Å². The van der Waals surface area contributed by atoms with E-state index in [0.717, 1.165) is 31.3 Å². The largest absolute Gasteiger partial charge is 0.390 e. The summed E-state index contributed by atoms with van der Waals surface area (Å²) in [6.07, 6.45) is 4.81. The maximum Gasteiger partial charge on any atom is 0.298 e. The molecule has 10 heteroatoms. The fourth-order valence-corrected chi connectivity index (χ4v) is 4.35. The molecule has 3 aliphatic rings. The number of halogens is 3. The number of aliphatic hydroxyl groups is 1. The Balaban J connectivity index is 1.45. The Morgan fingerprint density at radius 1 is 1.28 bits per heavy atom. The van der Waals surface area contributed by atoms with Crippen LogP contribution in [0, 0.1) is 5.82 Å². The van der Waals surface area contributed by atoms with E-state index in [1.54, 1.807) is 13.1 Å². The van der Waals surface area contributed by atoms with Gasteiger partial charge in [0.15, 0.2) is 5.65 Å². The van der Waals surface area contributed by atoms with E-state index < -0.39 is 30.0 Å². The van der Waals surface area contributed by atoms with Crippen LogP contribution in [0.25, 0.3) is 11.0 Å². The number of nitrogens with one attached hydrogen (secondary N) is 1. The highest BCUT2D eigenvalue weighted by molar-refractivity contribution is 5.90. The van der Waals surface area contributed by atoms with E-state index >= 15 is 0 Å². The molecule has 2 bridgehead atoms. The summed E-state index contributed by atoms with van der Waals surface area (Å²) in [5, 5.41) is 20.8. The Bertz CT molecular complexity index is 1150. The van der Waals surface area contributed by atoms with Crippen LogP contribution in [0.1, 0.15) is 30.5 Å². The monoisotopic (exact) mass is 445 g/mol. The first-order valence-corrected chi connectivity index (χ1v) is 10.4. The molecule has 0 saturated carbocycles. The molecule has 2 aromatic heterocycles. The molecule has 2 unspecified atom stereocenters. The molecule has 0 radical (unpaired) electrons. The van der Waals surface area contributed by atoms with Crippen molar-refractivity contribution in [1.82, 2.24) is 15.2 Å². The molecule has 32 heavy (non-hydrogen) atoms. The number of fused-ring (bicyclic) bond motifs is 3. The quantitative estimate of drug-likeness (QED) is 0.602. The van der Waals surface area contributed by atoms with Crippen LogP contribution in [0.4, 0.5) is 24.5 Å². The van der Waals surface area contributed by atoms with Crippen LogP contribution < -0.4 is 10.2 Å². The smallest absolute Gasteiger partial charge is 0.298 e.